The van der Waals surface area contributed by atoms with Gasteiger partial charge in [-0.25, -0.2) is 0 Å². The Morgan fingerprint density at radius 1 is 1.50 bits per heavy atom. The van der Waals surface area contributed by atoms with E-state index in [9.17, 15) is 13.2 Å². The fraction of sp³-hybridized carbons (Fsp3) is 0.500. The van der Waals surface area contributed by atoms with Crippen molar-refractivity contribution in [1.29, 1.82) is 0 Å². The highest BCUT2D eigenvalue weighted by Crippen LogP contribution is 2.16. The van der Waals surface area contributed by atoms with Crippen LogP contribution in [0.3, 0.4) is 0 Å². The highest BCUT2D eigenvalue weighted by molar-refractivity contribution is 5.01. The van der Waals surface area contributed by atoms with E-state index in [4.69, 9.17) is 5.11 Å². The van der Waals surface area contributed by atoms with Crippen LogP contribution in [-0.4, -0.2) is 21.1 Å². The van der Waals surface area contributed by atoms with Crippen LogP contribution < -0.4 is 0 Å². The van der Waals surface area contributed by atoms with E-state index in [0.717, 1.165) is 10.9 Å². The molecular weight excluding hydrogens is 173 g/mol. The number of nitrogens with zero attached hydrogens (tertiary/aromatic N) is 2. The molecule has 1 heterocycles. The van der Waals surface area contributed by atoms with E-state index in [-0.39, 0.29) is 6.61 Å². The van der Waals surface area contributed by atoms with Gasteiger partial charge in [0.05, 0.1) is 12.8 Å². The molecule has 0 fully saturated rings. The van der Waals surface area contributed by atoms with Crippen molar-refractivity contribution in [3.8, 4) is 0 Å². The van der Waals surface area contributed by atoms with Gasteiger partial charge in [0.1, 0.15) is 6.54 Å². The van der Waals surface area contributed by atoms with E-state index in [2.05, 4.69) is 5.10 Å². The molecule has 0 saturated heterocycles. The van der Waals surface area contributed by atoms with E-state index in [0.29, 0.717) is 5.56 Å². The maximum absolute atomic E-state index is 11.7. The monoisotopic (exact) mass is 180 g/mol. The molecule has 0 aromatic carbocycles. The van der Waals surface area contributed by atoms with Crippen molar-refractivity contribution in [2.24, 2.45) is 0 Å². The first-order chi connectivity index (χ1) is 5.51. The molecule has 1 rings (SSSR count). The maximum atomic E-state index is 11.7. The fourth-order valence-electron chi connectivity index (χ4n) is 0.758. The van der Waals surface area contributed by atoms with Crippen LogP contribution in [-0.2, 0) is 13.2 Å². The number of alkyl halides is 3. The van der Waals surface area contributed by atoms with Crippen molar-refractivity contribution in [1.82, 2.24) is 9.78 Å². The lowest BCUT2D eigenvalue weighted by Gasteiger charge is -2.04. The fourth-order valence-corrected chi connectivity index (χ4v) is 0.758. The smallest absolute Gasteiger partial charge is 0.392 e. The maximum Gasteiger partial charge on any atom is 0.408 e. The molecule has 1 aromatic heterocycles. The molecule has 3 nitrogen and oxygen atoms in total. The third-order valence-electron chi connectivity index (χ3n) is 1.21. The Morgan fingerprint density at radius 2 is 2.17 bits per heavy atom. The van der Waals surface area contributed by atoms with Crippen LogP contribution >= 0.6 is 0 Å². The average Bonchev–Trinajstić information content (AvgIpc) is 2.32. The van der Waals surface area contributed by atoms with Gasteiger partial charge in [-0.1, -0.05) is 0 Å². The van der Waals surface area contributed by atoms with Gasteiger partial charge in [0.2, 0.25) is 0 Å². The first kappa shape index (κ1) is 9.05. The second-order valence-electron chi connectivity index (χ2n) is 2.32. The number of hydrogen-bond donors (Lipinski definition) is 1. The molecule has 0 aliphatic rings. The molecule has 0 unspecified atom stereocenters. The molecule has 0 aliphatic carbocycles. The summed E-state index contributed by atoms with van der Waals surface area (Å²) in [5.74, 6) is 0. The molecule has 1 aromatic rings. The van der Waals surface area contributed by atoms with Gasteiger partial charge >= 0.3 is 6.18 Å². The summed E-state index contributed by atoms with van der Waals surface area (Å²) in [5, 5.41) is 11.9. The van der Waals surface area contributed by atoms with Crippen molar-refractivity contribution in [3.05, 3.63) is 18.0 Å². The summed E-state index contributed by atoms with van der Waals surface area (Å²) >= 11 is 0. The molecule has 12 heavy (non-hydrogen) atoms. The van der Waals surface area contributed by atoms with Crippen molar-refractivity contribution < 1.29 is 18.3 Å². The average molecular weight is 180 g/mol. The summed E-state index contributed by atoms with van der Waals surface area (Å²) in [5.41, 5.74) is 0.374. The van der Waals surface area contributed by atoms with Gasteiger partial charge in [0.15, 0.2) is 0 Å². The van der Waals surface area contributed by atoms with Gasteiger partial charge in [0.25, 0.3) is 0 Å². The molecule has 6 heteroatoms. The van der Waals surface area contributed by atoms with Crippen LogP contribution in [0, 0.1) is 0 Å². The summed E-state index contributed by atoms with van der Waals surface area (Å²) in [6.07, 6.45) is -1.90. The molecule has 0 spiro atoms. The molecule has 0 saturated carbocycles. The van der Waals surface area contributed by atoms with Crippen molar-refractivity contribution >= 4 is 0 Å². The van der Waals surface area contributed by atoms with E-state index in [1.165, 1.54) is 6.20 Å². The van der Waals surface area contributed by atoms with Crippen molar-refractivity contribution in [2.45, 2.75) is 19.3 Å². The minimum absolute atomic E-state index is 0.294. The van der Waals surface area contributed by atoms with Crippen LogP contribution in [0.2, 0.25) is 0 Å². The minimum atomic E-state index is -4.27. The molecule has 0 atom stereocenters. The standard InChI is InChI=1S/C6H7F3N2O/c7-6(8,9)4-11-2-5(3-12)1-10-11/h1-2,12H,3-4H2. The molecule has 0 amide bonds. The Bertz CT molecular complexity index is 256. The van der Waals surface area contributed by atoms with E-state index in [1.54, 1.807) is 0 Å². The van der Waals surface area contributed by atoms with Gasteiger partial charge in [-0.3, -0.25) is 4.68 Å². The van der Waals surface area contributed by atoms with Gasteiger partial charge in [-0.2, -0.15) is 18.3 Å². The summed E-state index contributed by atoms with van der Waals surface area (Å²) in [6, 6.07) is 0. The third kappa shape index (κ3) is 2.54. The zero-order chi connectivity index (χ0) is 9.19. The molecule has 68 valence electrons. The van der Waals surface area contributed by atoms with Gasteiger partial charge in [-0.05, 0) is 0 Å². The predicted octanol–water partition coefficient (Wildman–Crippen LogP) is 0.938. The zero-order valence-electron chi connectivity index (χ0n) is 6.04. The molecule has 1 N–H and O–H groups in total. The normalized spacial score (nSPS) is 12.0. The van der Waals surface area contributed by atoms with Crippen molar-refractivity contribution in [3.63, 3.8) is 0 Å². The lowest BCUT2D eigenvalue weighted by atomic mass is 10.4. The van der Waals surface area contributed by atoms with Gasteiger partial charge < -0.3 is 5.11 Å². The van der Waals surface area contributed by atoms with Crippen molar-refractivity contribution in [2.75, 3.05) is 0 Å². The predicted molar refractivity (Wildman–Crippen MR) is 34.2 cm³/mol. The second-order valence-corrected chi connectivity index (χ2v) is 2.32. The third-order valence-corrected chi connectivity index (χ3v) is 1.21. The first-order valence-corrected chi connectivity index (χ1v) is 3.20. The number of aliphatic hydroxyl groups excluding tert-OH is 1. The Hall–Kier alpha value is -1.04. The van der Waals surface area contributed by atoms with Crippen LogP contribution in [0.5, 0.6) is 0 Å². The zero-order valence-corrected chi connectivity index (χ0v) is 6.04. The Morgan fingerprint density at radius 3 is 2.58 bits per heavy atom. The minimum Gasteiger partial charge on any atom is -0.392 e. The molecule has 0 radical (unpaired) electrons. The quantitative estimate of drug-likeness (QED) is 0.735. The second kappa shape index (κ2) is 3.14. The number of aromatic nitrogens is 2. The van der Waals surface area contributed by atoms with Gasteiger partial charge in [-0.15, -0.1) is 0 Å². The number of hydrogen-bond acceptors (Lipinski definition) is 2. The number of aliphatic hydroxyl groups is 1. The lowest BCUT2D eigenvalue weighted by Crippen LogP contribution is -2.17. The number of rotatable bonds is 2. The summed E-state index contributed by atoms with van der Waals surface area (Å²) in [4.78, 5) is 0. The lowest BCUT2D eigenvalue weighted by molar-refractivity contribution is -0.142. The summed E-state index contributed by atoms with van der Waals surface area (Å²) in [7, 11) is 0. The summed E-state index contributed by atoms with van der Waals surface area (Å²) < 4.78 is 35.9. The first-order valence-electron chi connectivity index (χ1n) is 3.20. The van der Waals surface area contributed by atoms with Crippen LogP contribution in [0.15, 0.2) is 12.4 Å². The van der Waals surface area contributed by atoms with Crippen LogP contribution in [0.1, 0.15) is 5.56 Å². The SMILES string of the molecule is OCc1cnn(CC(F)(F)F)c1. The largest absolute Gasteiger partial charge is 0.408 e. The highest BCUT2D eigenvalue weighted by atomic mass is 19.4. The van der Waals surface area contributed by atoms with E-state index in [1.807, 2.05) is 0 Å². The Kier molecular flexibility index (Phi) is 2.37. The summed E-state index contributed by atoms with van der Waals surface area (Å²) in [6.45, 7) is -1.41. The number of halogens is 3. The topological polar surface area (TPSA) is 38.1 Å². The van der Waals surface area contributed by atoms with Crippen LogP contribution in [0.4, 0.5) is 13.2 Å². The molecule has 0 bridgehead atoms. The Balaban J connectivity index is 2.64. The van der Waals surface area contributed by atoms with E-state index >= 15 is 0 Å². The molecular formula is C6H7F3N2O. The van der Waals surface area contributed by atoms with Crippen LogP contribution in [0.25, 0.3) is 0 Å². The van der Waals surface area contributed by atoms with Gasteiger partial charge in [0, 0.05) is 11.8 Å². The van der Waals surface area contributed by atoms with E-state index < -0.39 is 12.7 Å². The molecule has 0 aliphatic heterocycles. The highest BCUT2D eigenvalue weighted by Gasteiger charge is 2.28. The Labute approximate surface area is 66.4 Å².